The Hall–Kier alpha value is -2.27. The number of aliphatic hydroxyl groups is 1. The first-order valence-corrected chi connectivity index (χ1v) is 12.3. The van der Waals surface area contributed by atoms with Crippen molar-refractivity contribution >= 4 is 17.3 Å². The van der Waals surface area contributed by atoms with Gasteiger partial charge < -0.3 is 10.4 Å². The Morgan fingerprint density at radius 1 is 0.970 bits per heavy atom. The molecule has 0 spiro atoms. The van der Waals surface area contributed by atoms with Gasteiger partial charge >= 0.3 is 0 Å². The predicted octanol–water partition coefficient (Wildman–Crippen LogP) is 5.02. The molecule has 2 rings (SSSR count). The number of rotatable bonds is 12. The molecular formula is C28H41NO4. The number of Topliss-reactive ketones (excluding diaryl/α,β-unsaturated/α-hetero) is 3. The van der Waals surface area contributed by atoms with Crippen LogP contribution in [-0.2, 0) is 20.9 Å². The zero-order chi connectivity index (χ0) is 24.8. The van der Waals surface area contributed by atoms with E-state index in [0.29, 0.717) is 43.8 Å². The molecule has 0 radical (unpaired) electrons. The molecule has 0 unspecified atom stereocenters. The molecule has 5 nitrogen and oxygen atoms in total. The predicted molar refractivity (Wildman–Crippen MR) is 131 cm³/mol. The number of hydrogen-bond acceptors (Lipinski definition) is 5. The van der Waals surface area contributed by atoms with Gasteiger partial charge in [-0.15, -0.1) is 0 Å². The van der Waals surface area contributed by atoms with E-state index in [1.165, 1.54) is 0 Å². The van der Waals surface area contributed by atoms with E-state index in [0.717, 1.165) is 5.56 Å². The second-order valence-corrected chi connectivity index (χ2v) is 10.6. The summed E-state index contributed by atoms with van der Waals surface area (Å²) in [6.45, 7) is 12.6. The van der Waals surface area contributed by atoms with E-state index in [-0.39, 0.29) is 23.8 Å². The van der Waals surface area contributed by atoms with E-state index in [9.17, 15) is 19.5 Å². The number of ketones is 3. The molecule has 182 valence electrons. The summed E-state index contributed by atoms with van der Waals surface area (Å²) in [4.78, 5) is 40.4. The second kappa shape index (κ2) is 11.7. The Morgan fingerprint density at radius 2 is 1.58 bits per heavy atom. The lowest BCUT2D eigenvalue weighted by atomic mass is 9.79. The summed E-state index contributed by atoms with van der Waals surface area (Å²) in [6.07, 6.45) is 2.14. The third-order valence-corrected chi connectivity index (χ3v) is 6.31. The molecule has 1 aromatic carbocycles. The van der Waals surface area contributed by atoms with Crippen molar-refractivity contribution in [2.24, 2.45) is 23.7 Å². The molecule has 0 heterocycles. The minimum Gasteiger partial charge on any atom is -0.384 e. The Kier molecular flexibility index (Phi) is 9.59. The lowest BCUT2D eigenvalue weighted by Crippen LogP contribution is -2.49. The van der Waals surface area contributed by atoms with E-state index in [1.807, 2.05) is 71.9 Å². The molecule has 0 aliphatic heterocycles. The Balaban J connectivity index is 2.48. The van der Waals surface area contributed by atoms with Crippen molar-refractivity contribution in [2.75, 3.05) is 0 Å². The van der Waals surface area contributed by atoms with Gasteiger partial charge in [0.25, 0.3) is 0 Å². The average Bonchev–Trinajstić information content (AvgIpc) is 2.94. The van der Waals surface area contributed by atoms with Gasteiger partial charge in [-0.2, -0.15) is 0 Å². The third kappa shape index (κ3) is 6.63. The standard InChI is InChI=1S/C28H41NO4/c1-18(2)12-14-22-26(31)25(27(32)28(22,33)24(30)15-13-19(3)4)23(16-20(5)6)29-17-21-10-8-7-9-11-21/h7-11,18-20,22,29,33H,12-17H2,1-6H3/t22-,28+/m0/s1. The third-order valence-electron chi connectivity index (χ3n) is 6.31. The average molecular weight is 456 g/mol. The highest BCUT2D eigenvalue weighted by molar-refractivity contribution is 6.37. The van der Waals surface area contributed by atoms with Crippen LogP contribution in [0.5, 0.6) is 0 Å². The molecule has 1 fully saturated rings. The number of carbonyl (C=O) groups excluding carboxylic acids is 3. The number of allylic oxidation sites excluding steroid dienone is 1. The molecule has 1 aliphatic rings. The van der Waals surface area contributed by atoms with Gasteiger partial charge in [-0.1, -0.05) is 78.3 Å². The normalized spacial score (nSPS) is 22.5. The van der Waals surface area contributed by atoms with Crippen LogP contribution in [0.25, 0.3) is 0 Å². The van der Waals surface area contributed by atoms with Gasteiger partial charge in [0.15, 0.2) is 17.2 Å². The highest BCUT2D eigenvalue weighted by Crippen LogP contribution is 2.41. The van der Waals surface area contributed by atoms with E-state index >= 15 is 0 Å². The molecule has 2 N–H and O–H groups in total. The van der Waals surface area contributed by atoms with Crippen molar-refractivity contribution in [3.63, 3.8) is 0 Å². The van der Waals surface area contributed by atoms with Crippen molar-refractivity contribution in [1.82, 2.24) is 5.32 Å². The first kappa shape index (κ1) is 27.0. The molecule has 2 atom stereocenters. The van der Waals surface area contributed by atoms with Crippen molar-refractivity contribution in [3.8, 4) is 0 Å². The first-order chi connectivity index (χ1) is 15.5. The quantitative estimate of drug-likeness (QED) is 0.263. The minimum atomic E-state index is -2.26. The SMILES string of the molecule is CC(C)CCC(=O)[C@@]1(O)C(=O)C(=C(CC(C)C)NCc2ccccc2)C(=O)[C@@H]1CCC(C)C. The monoisotopic (exact) mass is 455 g/mol. The zero-order valence-corrected chi connectivity index (χ0v) is 21.1. The molecule has 0 aromatic heterocycles. The molecule has 5 heteroatoms. The minimum absolute atomic E-state index is 0.00576. The van der Waals surface area contributed by atoms with E-state index in [1.54, 1.807) is 0 Å². The zero-order valence-electron chi connectivity index (χ0n) is 21.1. The van der Waals surface area contributed by atoms with Crippen LogP contribution in [0, 0.1) is 23.7 Å². The molecule has 1 aliphatic carbocycles. The molecular weight excluding hydrogens is 414 g/mol. The van der Waals surface area contributed by atoms with Crippen molar-refractivity contribution in [2.45, 2.75) is 85.8 Å². The number of benzene rings is 1. The number of nitrogens with one attached hydrogen (secondary N) is 1. The number of hydrogen-bond donors (Lipinski definition) is 2. The van der Waals surface area contributed by atoms with Crippen LogP contribution >= 0.6 is 0 Å². The van der Waals surface area contributed by atoms with Crippen LogP contribution in [0.4, 0.5) is 0 Å². The Bertz CT molecular complexity index is 869. The Labute approximate surface area is 199 Å². The van der Waals surface area contributed by atoms with Gasteiger partial charge in [0.05, 0.1) is 11.5 Å². The fraction of sp³-hybridized carbons (Fsp3) is 0.607. The van der Waals surface area contributed by atoms with Gasteiger partial charge in [0.2, 0.25) is 5.78 Å². The fourth-order valence-electron chi connectivity index (χ4n) is 4.36. The highest BCUT2D eigenvalue weighted by Gasteiger charge is 2.61. The van der Waals surface area contributed by atoms with Crippen LogP contribution < -0.4 is 5.32 Å². The number of carbonyl (C=O) groups is 3. The summed E-state index contributed by atoms with van der Waals surface area (Å²) in [5.74, 6) is -1.90. The smallest absolute Gasteiger partial charge is 0.208 e. The van der Waals surface area contributed by atoms with Crippen molar-refractivity contribution in [1.29, 1.82) is 0 Å². The topological polar surface area (TPSA) is 83.5 Å². The lowest BCUT2D eigenvalue weighted by Gasteiger charge is -2.26. The maximum absolute atomic E-state index is 13.6. The van der Waals surface area contributed by atoms with E-state index < -0.39 is 28.9 Å². The van der Waals surface area contributed by atoms with E-state index in [2.05, 4.69) is 5.32 Å². The largest absolute Gasteiger partial charge is 0.384 e. The summed E-state index contributed by atoms with van der Waals surface area (Å²) in [7, 11) is 0. The van der Waals surface area contributed by atoms with Gasteiger partial charge in [-0.25, -0.2) is 0 Å². The van der Waals surface area contributed by atoms with Crippen molar-refractivity contribution < 1.29 is 19.5 Å². The summed E-state index contributed by atoms with van der Waals surface area (Å²) in [6, 6.07) is 9.75. The van der Waals surface area contributed by atoms with Gasteiger partial charge in [0.1, 0.15) is 0 Å². The van der Waals surface area contributed by atoms with Crippen LogP contribution in [0.2, 0.25) is 0 Å². The van der Waals surface area contributed by atoms with E-state index in [4.69, 9.17) is 0 Å². The molecule has 0 saturated heterocycles. The Morgan fingerprint density at radius 3 is 2.12 bits per heavy atom. The maximum atomic E-state index is 13.6. The van der Waals surface area contributed by atoms with Crippen molar-refractivity contribution in [3.05, 3.63) is 47.2 Å². The molecule has 0 bridgehead atoms. The summed E-state index contributed by atoms with van der Waals surface area (Å²) in [5, 5.41) is 14.8. The first-order valence-electron chi connectivity index (χ1n) is 12.3. The lowest BCUT2D eigenvalue weighted by molar-refractivity contribution is -0.153. The molecule has 1 saturated carbocycles. The highest BCUT2D eigenvalue weighted by atomic mass is 16.3. The molecule has 33 heavy (non-hydrogen) atoms. The second-order valence-electron chi connectivity index (χ2n) is 10.6. The fourth-order valence-corrected chi connectivity index (χ4v) is 4.36. The van der Waals surface area contributed by atoms with Crippen LogP contribution in [0.1, 0.15) is 79.2 Å². The van der Waals surface area contributed by atoms with Gasteiger partial charge in [-0.05, 0) is 42.6 Å². The summed E-state index contributed by atoms with van der Waals surface area (Å²) in [5.41, 5.74) is -0.705. The van der Waals surface area contributed by atoms with Gasteiger partial charge in [0, 0.05) is 18.7 Å². The molecule has 0 amide bonds. The van der Waals surface area contributed by atoms with Crippen LogP contribution in [0.3, 0.4) is 0 Å². The maximum Gasteiger partial charge on any atom is 0.208 e. The van der Waals surface area contributed by atoms with Crippen LogP contribution in [-0.4, -0.2) is 28.1 Å². The van der Waals surface area contributed by atoms with Gasteiger partial charge in [-0.3, -0.25) is 14.4 Å². The summed E-state index contributed by atoms with van der Waals surface area (Å²) < 4.78 is 0. The summed E-state index contributed by atoms with van der Waals surface area (Å²) >= 11 is 0. The molecule has 1 aromatic rings. The van der Waals surface area contributed by atoms with Crippen LogP contribution in [0.15, 0.2) is 41.6 Å².